The summed E-state index contributed by atoms with van der Waals surface area (Å²) < 4.78 is 5.50. The van der Waals surface area contributed by atoms with Gasteiger partial charge in [-0.3, -0.25) is 4.79 Å². The highest BCUT2D eigenvalue weighted by Gasteiger charge is 2.16. The Bertz CT molecular complexity index is 326. The molecule has 0 fully saturated rings. The Morgan fingerprint density at radius 2 is 1.94 bits per heavy atom. The summed E-state index contributed by atoms with van der Waals surface area (Å²) in [6, 6.07) is 10.3. The van der Waals surface area contributed by atoms with Crippen molar-refractivity contribution in [1.82, 2.24) is 0 Å². The molecule has 0 heterocycles. The van der Waals surface area contributed by atoms with Crippen LogP contribution in [0.15, 0.2) is 30.3 Å². The zero-order chi connectivity index (χ0) is 13.2. The lowest BCUT2D eigenvalue weighted by Gasteiger charge is -2.14. The van der Waals surface area contributed by atoms with Crippen LogP contribution in [0.1, 0.15) is 45.1 Å². The number of benzene rings is 1. The number of rotatable bonds is 9. The number of ether oxygens (including phenoxy) is 1. The molecular weight excluding hydrogens is 224 g/mol. The van der Waals surface area contributed by atoms with Crippen LogP contribution in [0, 0.1) is 0 Å². The quantitative estimate of drug-likeness (QED) is 0.664. The minimum Gasteiger partial charge on any atom is -0.371 e. The molecule has 18 heavy (non-hydrogen) atoms. The zero-order valence-corrected chi connectivity index (χ0v) is 11.5. The third-order valence-corrected chi connectivity index (χ3v) is 3.01. The molecule has 0 amide bonds. The standard InChI is InChI=1S/C16H24O2/c1-3-9-16(18-4-2)15(17)13-8-12-14-10-6-5-7-11-14/h5-7,10-11,16H,3-4,8-9,12-13H2,1-2H3. The molecule has 100 valence electrons. The molecule has 0 N–H and O–H groups in total. The monoisotopic (exact) mass is 248 g/mol. The van der Waals surface area contributed by atoms with Crippen molar-refractivity contribution < 1.29 is 9.53 Å². The summed E-state index contributed by atoms with van der Waals surface area (Å²) in [5.41, 5.74) is 1.30. The van der Waals surface area contributed by atoms with E-state index >= 15 is 0 Å². The van der Waals surface area contributed by atoms with Crippen molar-refractivity contribution in [1.29, 1.82) is 0 Å². The Hall–Kier alpha value is -1.15. The summed E-state index contributed by atoms with van der Waals surface area (Å²) in [7, 11) is 0. The van der Waals surface area contributed by atoms with Gasteiger partial charge in [-0.1, -0.05) is 43.7 Å². The zero-order valence-electron chi connectivity index (χ0n) is 11.5. The number of Topliss-reactive ketones (excluding diaryl/α,β-unsaturated/α-hetero) is 1. The van der Waals surface area contributed by atoms with Crippen LogP contribution in [0.25, 0.3) is 0 Å². The second-order valence-corrected chi connectivity index (χ2v) is 4.54. The molecule has 1 unspecified atom stereocenters. The molecular formula is C16H24O2. The van der Waals surface area contributed by atoms with Crippen molar-refractivity contribution in [3.63, 3.8) is 0 Å². The number of aryl methyl sites for hydroxylation is 1. The predicted molar refractivity (Wildman–Crippen MR) is 74.7 cm³/mol. The molecule has 0 aliphatic heterocycles. The predicted octanol–water partition coefficient (Wildman–Crippen LogP) is 3.78. The molecule has 2 heteroatoms. The molecule has 1 rings (SSSR count). The van der Waals surface area contributed by atoms with Gasteiger partial charge in [-0.25, -0.2) is 0 Å². The average molecular weight is 248 g/mol. The van der Waals surface area contributed by atoms with Crippen LogP contribution in [0.4, 0.5) is 0 Å². The van der Waals surface area contributed by atoms with Gasteiger partial charge in [0.05, 0.1) is 0 Å². The Morgan fingerprint density at radius 1 is 1.22 bits per heavy atom. The van der Waals surface area contributed by atoms with E-state index in [0.29, 0.717) is 13.0 Å². The summed E-state index contributed by atoms with van der Waals surface area (Å²) >= 11 is 0. The molecule has 1 aromatic carbocycles. The van der Waals surface area contributed by atoms with Crippen molar-refractivity contribution >= 4 is 5.78 Å². The lowest BCUT2D eigenvalue weighted by atomic mass is 10.0. The fourth-order valence-electron chi connectivity index (χ4n) is 2.07. The summed E-state index contributed by atoms with van der Waals surface area (Å²) in [5, 5.41) is 0. The largest absolute Gasteiger partial charge is 0.371 e. The number of carbonyl (C=O) groups excluding carboxylic acids is 1. The fraction of sp³-hybridized carbons (Fsp3) is 0.562. The molecule has 0 saturated heterocycles. The number of carbonyl (C=O) groups is 1. The first kappa shape index (κ1) is 14.9. The van der Waals surface area contributed by atoms with E-state index < -0.39 is 0 Å². The topological polar surface area (TPSA) is 26.3 Å². The van der Waals surface area contributed by atoms with Crippen molar-refractivity contribution in [3.8, 4) is 0 Å². The van der Waals surface area contributed by atoms with Gasteiger partial charge in [0.25, 0.3) is 0 Å². The van der Waals surface area contributed by atoms with Gasteiger partial charge in [-0.15, -0.1) is 0 Å². The van der Waals surface area contributed by atoms with Crippen LogP contribution in [0.3, 0.4) is 0 Å². The second kappa shape index (κ2) is 8.87. The van der Waals surface area contributed by atoms with Crippen molar-refractivity contribution in [2.24, 2.45) is 0 Å². The van der Waals surface area contributed by atoms with Gasteiger partial charge in [0, 0.05) is 13.0 Å². The number of hydrogen-bond acceptors (Lipinski definition) is 2. The van der Waals surface area contributed by atoms with Gasteiger partial charge in [0.15, 0.2) is 5.78 Å². The van der Waals surface area contributed by atoms with E-state index in [9.17, 15) is 4.79 Å². The van der Waals surface area contributed by atoms with Crippen LogP contribution < -0.4 is 0 Å². The summed E-state index contributed by atoms with van der Waals surface area (Å²) in [6.07, 6.45) is 4.16. The van der Waals surface area contributed by atoms with Gasteiger partial charge in [0.1, 0.15) is 6.10 Å². The SMILES string of the molecule is CCCC(OCC)C(=O)CCCc1ccccc1. The molecule has 0 saturated carbocycles. The Balaban J connectivity index is 2.30. The minimum absolute atomic E-state index is 0.184. The summed E-state index contributed by atoms with van der Waals surface area (Å²) in [5.74, 6) is 0.259. The third kappa shape index (κ3) is 5.46. The number of ketones is 1. The van der Waals surface area contributed by atoms with E-state index in [1.54, 1.807) is 0 Å². The van der Waals surface area contributed by atoms with Gasteiger partial charge in [0.2, 0.25) is 0 Å². The minimum atomic E-state index is -0.184. The third-order valence-electron chi connectivity index (χ3n) is 3.01. The van der Waals surface area contributed by atoms with Gasteiger partial charge in [-0.05, 0) is 31.7 Å². The first-order valence-corrected chi connectivity index (χ1v) is 6.96. The first-order valence-electron chi connectivity index (χ1n) is 6.96. The van der Waals surface area contributed by atoms with Crippen molar-refractivity contribution in [3.05, 3.63) is 35.9 Å². The average Bonchev–Trinajstić information content (AvgIpc) is 2.39. The molecule has 0 bridgehead atoms. The Labute approximate surface area is 110 Å². The van der Waals surface area contributed by atoms with Crippen LogP contribution in [-0.2, 0) is 16.0 Å². The van der Waals surface area contributed by atoms with E-state index in [0.717, 1.165) is 25.7 Å². The Morgan fingerprint density at radius 3 is 2.56 bits per heavy atom. The van der Waals surface area contributed by atoms with Crippen LogP contribution in [0.5, 0.6) is 0 Å². The molecule has 0 radical (unpaired) electrons. The molecule has 1 atom stereocenters. The Kier molecular flexibility index (Phi) is 7.35. The summed E-state index contributed by atoms with van der Waals surface area (Å²) in [4.78, 5) is 12.0. The van der Waals surface area contributed by atoms with E-state index in [1.165, 1.54) is 5.56 Å². The second-order valence-electron chi connectivity index (χ2n) is 4.54. The number of hydrogen-bond donors (Lipinski definition) is 0. The van der Waals surface area contributed by atoms with Crippen LogP contribution >= 0.6 is 0 Å². The molecule has 2 nitrogen and oxygen atoms in total. The smallest absolute Gasteiger partial charge is 0.161 e. The lowest BCUT2D eigenvalue weighted by Crippen LogP contribution is -2.24. The van der Waals surface area contributed by atoms with Gasteiger partial charge < -0.3 is 4.74 Å². The maximum Gasteiger partial charge on any atom is 0.161 e. The van der Waals surface area contributed by atoms with Crippen molar-refractivity contribution in [2.75, 3.05) is 6.61 Å². The molecule has 0 spiro atoms. The van der Waals surface area contributed by atoms with Crippen LogP contribution in [0.2, 0.25) is 0 Å². The van der Waals surface area contributed by atoms with Gasteiger partial charge in [-0.2, -0.15) is 0 Å². The fourth-order valence-corrected chi connectivity index (χ4v) is 2.07. The normalized spacial score (nSPS) is 12.3. The van der Waals surface area contributed by atoms with E-state index in [2.05, 4.69) is 19.1 Å². The van der Waals surface area contributed by atoms with E-state index in [4.69, 9.17) is 4.74 Å². The summed E-state index contributed by atoms with van der Waals surface area (Å²) in [6.45, 7) is 4.65. The highest BCUT2D eigenvalue weighted by atomic mass is 16.5. The first-order chi connectivity index (χ1) is 8.77. The highest BCUT2D eigenvalue weighted by molar-refractivity contribution is 5.83. The highest BCUT2D eigenvalue weighted by Crippen LogP contribution is 2.10. The molecule has 0 aliphatic rings. The van der Waals surface area contributed by atoms with Crippen LogP contribution in [-0.4, -0.2) is 18.5 Å². The molecule has 0 aromatic heterocycles. The molecule has 1 aromatic rings. The molecule has 0 aliphatic carbocycles. The maximum absolute atomic E-state index is 12.0. The van der Waals surface area contributed by atoms with Gasteiger partial charge >= 0.3 is 0 Å². The lowest BCUT2D eigenvalue weighted by molar-refractivity contribution is -0.130. The van der Waals surface area contributed by atoms with E-state index in [1.807, 2.05) is 25.1 Å². The maximum atomic E-state index is 12.0. The van der Waals surface area contributed by atoms with E-state index in [-0.39, 0.29) is 11.9 Å². The van der Waals surface area contributed by atoms with Crippen molar-refractivity contribution in [2.45, 2.75) is 52.1 Å².